The summed E-state index contributed by atoms with van der Waals surface area (Å²) in [5, 5.41) is 0.659. The highest BCUT2D eigenvalue weighted by molar-refractivity contribution is 9.10. The van der Waals surface area contributed by atoms with Gasteiger partial charge in [-0.15, -0.1) is 0 Å². The molecule has 0 saturated carbocycles. The molecule has 0 spiro atoms. The fourth-order valence-corrected chi connectivity index (χ4v) is 2.23. The Kier molecular flexibility index (Phi) is 4.50. The highest BCUT2D eigenvalue weighted by atomic mass is 79.9. The van der Waals surface area contributed by atoms with E-state index in [0.29, 0.717) is 11.6 Å². The Morgan fingerprint density at radius 3 is 2.67 bits per heavy atom. The van der Waals surface area contributed by atoms with E-state index in [2.05, 4.69) is 15.9 Å². The molecule has 2 aromatic rings. The fraction of sp³-hybridized carbons (Fsp3) is 0.143. The van der Waals surface area contributed by atoms with E-state index in [1.165, 1.54) is 0 Å². The van der Waals surface area contributed by atoms with Gasteiger partial charge in [0.25, 0.3) is 0 Å². The molecule has 0 radical (unpaired) electrons. The summed E-state index contributed by atoms with van der Waals surface area (Å²) < 4.78 is 12.0. The smallest absolute Gasteiger partial charge is 0.126 e. The molecule has 0 aromatic heterocycles. The van der Waals surface area contributed by atoms with Crippen molar-refractivity contribution in [3.63, 3.8) is 0 Å². The summed E-state index contributed by atoms with van der Waals surface area (Å²) >= 11 is 9.39. The van der Waals surface area contributed by atoms with Crippen molar-refractivity contribution in [1.29, 1.82) is 0 Å². The fourth-order valence-electron chi connectivity index (χ4n) is 1.58. The lowest BCUT2D eigenvalue weighted by Gasteiger charge is -2.12. The second-order valence-corrected chi connectivity index (χ2v) is 4.96. The van der Waals surface area contributed by atoms with Crippen molar-refractivity contribution in [1.82, 2.24) is 0 Å². The van der Waals surface area contributed by atoms with Gasteiger partial charge < -0.3 is 9.47 Å². The maximum Gasteiger partial charge on any atom is 0.126 e. The van der Waals surface area contributed by atoms with Crippen LogP contribution in [-0.4, -0.2) is 7.11 Å². The molecule has 0 unspecified atom stereocenters. The van der Waals surface area contributed by atoms with Crippen LogP contribution in [0.15, 0.2) is 46.9 Å². The molecule has 4 heteroatoms. The molecule has 0 heterocycles. The zero-order chi connectivity index (χ0) is 13.0. The maximum absolute atomic E-state index is 5.90. The molecule has 2 rings (SSSR count). The molecule has 0 aliphatic carbocycles. The number of hydrogen-bond donors (Lipinski definition) is 0. The van der Waals surface area contributed by atoms with Gasteiger partial charge in [-0.3, -0.25) is 0 Å². The molecule has 0 aliphatic heterocycles. The highest BCUT2D eigenvalue weighted by Gasteiger charge is 2.08. The lowest BCUT2D eigenvalue weighted by Crippen LogP contribution is -1.99. The van der Waals surface area contributed by atoms with Gasteiger partial charge >= 0.3 is 0 Å². The van der Waals surface area contributed by atoms with E-state index in [1.54, 1.807) is 13.2 Å². The van der Waals surface area contributed by atoms with E-state index in [0.717, 1.165) is 21.5 Å². The van der Waals surface area contributed by atoms with Crippen LogP contribution in [0.2, 0.25) is 5.02 Å². The van der Waals surface area contributed by atoms with Crippen LogP contribution in [0, 0.1) is 0 Å². The summed E-state index contributed by atoms with van der Waals surface area (Å²) in [6, 6.07) is 13.1. The topological polar surface area (TPSA) is 18.5 Å². The van der Waals surface area contributed by atoms with Crippen LogP contribution < -0.4 is 9.47 Å². The third-order valence-electron chi connectivity index (χ3n) is 2.48. The summed E-state index contributed by atoms with van der Waals surface area (Å²) in [4.78, 5) is 0. The lowest BCUT2D eigenvalue weighted by molar-refractivity contribution is 0.296. The van der Waals surface area contributed by atoms with Gasteiger partial charge in [0.15, 0.2) is 0 Å². The van der Waals surface area contributed by atoms with Gasteiger partial charge in [0.1, 0.15) is 18.1 Å². The van der Waals surface area contributed by atoms with Crippen molar-refractivity contribution in [2.24, 2.45) is 0 Å². The van der Waals surface area contributed by atoms with Crippen molar-refractivity contribution in [2.45, 2.75) is 6.61 Å². The van der Waals surface area contributed by atoms with Gasteiger partial charge in [0.2, 0.25) is 0 Å². The lowest BCUT2D eigenvalue weighted by atomic mass is 10.2. The Bertz CT molecular complexity index is 543. The molecule has 0 fully saturated rings. The van der Waals surface area contributed by atoms with Crippen LogP contribution in [0.4, 0.5) is 0 Å². The first-order valence-electron chi connectivity index (χ1n) is 5.40. The first-order chi connectivity index (χ1) is 8.70. The molecule has 18 heavy (non-hydrogen) atoms. The Hall–Kier alpha value is -1.19. The zero-order valence-corrected chi connectivity index (χ0v) is 12.2. The Morgan fingerprint density at radius 2 is 1.94 bits per heavy atom. The van der Waals surface area contributed by atoms with E-state index in [-0.39, 0.29) is 0 Å². The standard InChI is InChI=1S/C14H12BrClO2/c1-17-14-7-3-6-13(15)12(14)9-18-11-5-2-4-10(16)8-11/h2-8H,9H2,1H3. The SMILES string of the molecule is COc1cccc(Br)c1COc1cccc(Cl)c1. The molecule has 2 nitrogen and oxygen atoms in total. The third kappa shape index (κ3) is 3.18. The van der Waals surface area contributed by atoms with Crippen LogP contribution in [0.3, 0.4) is 0 Å². The van der Waals surface area contributed by atoms with E-state index < -0.39 is 0 Å². The molecule has 94 valence electrons. The molecule has 0 saturated heterocycles. The predicted octanol–water partition coefficient (Wildman–Crippen LogP) is 4.69. The molecule has 0 amide bonds. The first-order valence-corrected chi connectivity index (χ1v) is 6.57. The normalized spacial score (nSPS) is 10.2. The third-order valence-corrected chi connectivity index (χ3v) is 3.45. The summed E-state index contributed by atoms with van der Waals surface area (Å²) in [5.74, 6) is 1.53. The minimum Gasteiger partial charge on any atom is -0.496 e. The largest absolute Gasteiger partial charge is 0.496 e. The number of benzene rings is 2. The molecule has 0 bridgehead atoms. The molecule has 0 atom stereocenters. The van der Waals surface area contributed by atoms with Crippen LogP contribution in [0.5, 0.6) is 11.5 Å². The summed E-state index contributed by atoms with van der Waals surface area (Å²) in [5.41, 5.74) is 0.972. The highest BCUT2D eigenvalue weighted by Crippen LogP contribution is 2.28. The Balaban J connectivity index is 2.15. The van der Waals surface area contributed by atoms with Crippen molar-refractivity contribution in [3.05, 3.63) is 57.5 Å². The molecule has 0 aliphatic rings. The first kappa shape index (κ1) is 13.2. The van der Waals surface area contributed by atoms with Gasteiger partial charge in [-0.05, 0) is 30.3 Å². The summed E-state index contributed by atoms with van der Waals surface area (Å²) in [6.45, 7) is 0.422. The van der Waals surface area contributed by atoms with Crippen molar-refractivity contribution in [2.75, 3.05) is 7.11 Å². The van der Waals surface area contributed by atoms with E-state index in [4.69, 9.17) is 21.1 Å². The second-order valence-electron chi connectivity index (χ2n) is 3.67. The molecule has 0 N–H and O–H groups in total. The average Bonchev–Trinajstić information content (AvgIpc) is 2.37. The molecular formula is C14H12BrClO2. The average molecular weight is 328 g/mol. The number of halogens is 2. The van der Waals surface area contributed by atoms with Gasteiger partial charge in [-0.25, -0.2) is 0 Å². The minimum absolute atomic E-state index is 0.422. The van der Waals surface area contributed by atoms with Crippen molar-refractivity contribution < 1.29 is 9.47 Å². The minimum atomic E-state index is 0.422. The van der Waals surface area contributed by atoms with Crippen LogP contribution in [-0.2, 0) is 6.61 Å². The van der Waals surface area contributed by atoms with Gasteiger partial charge in [-0.2, -0.15) is 0 Å². The summed E-state index contributed by atoms with van der Waals surface area (Å²) in [6.07, 6.45) is 0. The quantitative estimate of drug-likeness (QED) is 0.811. The van der Waals surface area contributed by atoms with Crippen LogP contribution >= 0.6 is 27.5 Å². The Morgan fingerprint density at radius 1 is 1.17 bits per heavy atom. The van der Waals surface area contributed by atoms with Gasteiger partial charge in [-0.1, -0.05) is 39.7 Å². The van der Waals surface area contributed by atoms with Crippen molar-refractivity contribution >= 4 is 27.5 Å². The number of methoxy groups -OCH3 is 1. The van der Waals surface area contributed by atoms with Crippen LogP contribution in [0.1, 0.15) is 5.56 Å². The van der Waals surface area contributed by atoms with E-state index in [9.17, 15) is 0 Å². The zero-order valence-electron chi connectivity index (χ0n) is 9.82. The predicted molar refractivity (Wildman–Crippen MR) is 76.5 cm³/mol. The van der Waals surface area contributed by atoms with Crippen molar-refractivity contribution in [3.8, 4) is 11.5 Å². The van der Waals surface area contributed by atoms with E-state index in [1.807, 2.05) is 36.4 Å². The molecular weight excluding hydrogens is 316 g/mol. The monoisotopic (exact) mass is 326 g/mol. The molecule has 2 aromatic carbocycles. The second kappa shape index (κ2) is 6.12. The van der Waals surface area contributed by atoms with Gasteiger partial charge in [0, 0.05) is 15.1 Å². The summed E-state index contributed by atoms with van der Waals surface area (Å²) in [7, 11) is 1.64. The Labute approximate surface area is 120 Å². The number of ether oxygens (including phenoxy) is 2. The number of rotatable bonds is 4. The number of hydrogen-bond acceptors (Lipinski definition) is 2. The van der Waals surface area contributed by atoms with Crippen LogP contribution in [0.25, 0.3) is 0 Å². The maximum atomic E-state index is 5.90. The van der Waals surface area contributed by atoms with E-state index >= 15 is 0 Å². The van der Waals surface area contributed by atoms with Gasteiger partial charge in [0.05, 0.1) is 7.11 Å².